The van der Waals surface area contributed by atoms with Gasteiger partial charge in [-0.3, -0.25) is 9.59 Å². The zero-order valence-corrected chi connectivity index (χ0v) is 14.3. The molecule has 0 bridgehead atoms. The molecule has 5 nitrogen and oxygen atoms in total. The predicted molar refractivity (Wildman–Crippen MR) is 99.8 cm³/mol. The molecule has 2 amide bonds. The van der Waals surface area contributed by atoms with Crippen LogP contribution in [-0.2, 0) is 4.79 Å². The third-order valence-electron chi connectivity index (χ3n) is 4.51. The van der Waals surface area contributed by atoms with E-state index >= 15 is 0 Å². The minimum atomic E-state index is -0.135. The lowest BCUT2D eigenvalue weighted by Crippen LogP contribution is -2.34. The Hall–Kier alpha value is -2.66. The number of anilines is 2. The predicted octanol–water partition coefficient (Wildman–Crippen LogP) is 3.19. The highest BCUT2D eigenvalue weighted by Gasteiger charge is 2.20. The summed E-state index contributed by atoms with van der Waals surface area (Å²) in [5.41, 5.74) is 3.04. The molecule has 3 N–H and O–H groups in total. The third-order valence-corrected chi connectivity index (χ3v) is 4.51. The minimum absolute atomic E-state index is 0.0678. The minimum Gasteiger partial charge on any atom is -0.326 e. The number of hydrogen-bond acceptors (Lipinski definition) is 3. The van der Waals surface area contributed by atoms with E-state index < -0.39 is 0 Å². The van der Waals surface area contributed by atoms with Gasteiger partial charge in [-0.1, -0.05) is 18.2 Å². The molecule has 25 heavy (non-hydrogen) atoms. The van der Waals surface area contributed by atoms with Crippen molar-refractivity contribution in [2.45, 2.75) is 19.8 Å². The standard InChI is InChI=1S/C20H23N3O2/c1-14-4-2-3-5-18(14)20(25)23-17-8-6-16(7-9-17)22-19(24)15-10-12-21-13-11-15/h2-9,15,21H,10-13H2,1H3,(H,22,24)(H,23,25). The molecule has 2 aromatic rings. The molecule has 0 unspecified atom stereocenters. The van der Waals surface area contributed by atoms with E-state index in [4.69, 9.17) is 0 Å². The summed E-state index contributed by atoms with van der Waals surface area (Å²) in [5, 5.41) is 9.09. The van der Waals surface area contributed by atoms with Crippen LogP contribution in [0.15, 0.2) is 48.5 Å². The number of carbonyl (C=O) groups is 2. The lowest BCUT2D eigenvalue weighted by molar-refractivity contribution is -0.120. The van der Waals surface area contributed by atoms with Gasteiger partial charge in [-0.2, -0.15) is 0 Å². The van der Waals surface area contributed by atoms with Crippen LogP contribution >= 0.6 is 0 Å². The maximum Gasteiger partial charge on any atom is 0.255 e. The molecule has 5 heteroatoms. The number of piperidine rings is 1. The summed E-state index contributed by atoms with van der Waals surface area (Å²) in [4.78, 5) is 24.6. The molecule has 1 heterocycles. The van der Waals surface area contributed by atoms with Gasteiger partial charge < -0.3 is 16.0 Å². The van der Waals surface area contributed by atoms with Gasteiger partial charge in [-0.05, 0) is 68.8 Å². The Morgan fingerprint density at radius 2 is 1.52 bits per heavy atom. The van der Waals surface area contributed by atoms with Crippen molar-refractivity contribution in [2.24, 2.45) is 5.92 Å². The van der Waals surface area contributed by atoms with Crippen LogP contribution in [0.3, 0.4) is 0 Å². The highest BCUT2D eigenvalue weighted by atomic mass is 16.2. The van der Waals surface area contributed by atoms with Crippen LogP contribution in [0.25, 0.3) is 0 Å². The van der Waals surface area contributed by atoms with Gasteiger partial charge >= 0.3 is 0 Å². The SMILES string of the molecule is Cc1ccccc1C(=O)Nc1ccc(NC(=O)C2CCNCC2)cc1. The number of rotatable bonds is 4. The van der Waals surface area contributed by atoms with Gasteiger partial charge in [-0.25, -0.2) is 0 Å². The lowest BCUT2D eigenvalue weighted by Gasteiger charge is -2.21. The van der Waals surface area contributed by atoms with Crippen molar-refractivity contribution in [1.82, 2.24) is 5.32 Å². The summed E-state index contributed by atoms with van der Waals surface area (Å²) < 4.78 is 0. The van der Waals surface area contributed by atoms with E-state index in [0.717, 1.165) is 37.2 Å². The van der Waals surface area contributed by atoms with Crippen molar-refractivity contribution in [1.29, 1.82) is 0 Å². The Morgan fingerprint density at radius 3 is 2.16 bits per heavy atom. The van der Waals surface area contributed by atoms with Crippen LogP contribution in [0.1, 0.15) is 28.8 Å². The molecule has 3 rings (SSSR count). The van der Waals surface area contributed by atoms with Crippen molar-refractivity contribution in [3.8, 4) is 0 Å². The molecule has 0 radical (unpaired) electrons. The van der Waals surface area contributed by atoms with E-state index in [-0.39, 0.29) is 17.7 Å². The molecule has 0 atom stereocenters. The number of aryl methyl sites for hydroxylation is 1. The second-order valence-electron chi connectivity index (χ2n) is 6.36. The number of benzene rings is 2. The fraction of sp³-hybridized carbons (Fsp3) is 0.300. The molecule has 1 saturated heterocycles. The molecular formula is C20H23N3O2. The van der Waals surface area contributed by atoms with Crippen LogP contribution in [0, 0.1) is 12.8 Å². The zero-order valence-electron chi connectivity index (χ0n) is 14.3. The first-order valence-corrected chi connectivity index (χ1v) is 8.62. The molecule has 1 fully saturated rings. The molecule has 0 aromatic heterocycles. The molecule has 0 aliphatic carbocycles. The van der Waals surface area contributed by atoms with Gasteiger partial charge in [0.1, 0.15) is 0 Å². The molecule has 0 saturated carbocycles. The van der Waals surface area contributed by atoms with Crippen LogP contribution in [0.5, 0.6) is 0 Å². The highest BCUT2D eigenvalue weighted by molar-refractivity contribution is 6.05. The average molecular weight is 337 g/mol. The van der Waals surface area contributed by atoms with Gasteiger partial charge in [0.25, 0.3) is 5.91 Å². The third kappa shape index (κ3) is 4.45. The van der Waals surface area contributed by atoms with Crippen molar-refractivity contribution >= 4 is 23.2 Å². The summed E-state index contributed by atoms with van der Waals surface area (Å²) in [7, 11) is 0. The smallest absolute Gasteiger partial charge is 0.255 e. The second-order valence-corrected chi connectivity index (χ2v) is 6.36. The molecule has 0 spiro atoms. The topological polar surface area (TPSA) is 70.2 Å². The van der Waals surface area contributed by atoms with Crippen LogP contribution in [-0.4, -0.2) is 24.9 Å². The molecule has 2 aromatic carbocycles. The fourth-order valence-electron chi connectivity index (χ4n) is 2.99. The normalized spacial score (nSPS) is 14.8. The largest absolute Gasteiger partial charge is 0.326 e. The quantitative estimate of drug-likeness (QED) is 0.802. The Balaban J connectivity index is 1.59. The van der Waals surface area contributed by atoms with Gasteiger partial charge in [-0.15, -0.1) is 0 Å². The van der Waals surface area contributed by atoms with E-state index in [1.165, 1.54) is 0 Å². The van der Waals surface area contributed by atoms with E-state index in [0.29, 0.717) is 11.3 Å². The number of amides is 2. The maximum absolute atomic E-state index is 12.3. The Labute approximate surface area is 147 Å². The molecule has 130 valence electrons. The van der Waals surface area contributed by atoms with Crippen molar-refractivity contribution in [3.05, 3.63) is 59.7 Å². The van der Waals surface area contributed by atoms with E-state index in [1.54, 1.807) is 18.2 Å². The number of hydrogen-bond donors (Lipinski definition) is 3. The van der Waals surface area contributed by atoms with E-state index in [1.807, 2.05) is 37.3 Å². The first-order valence-electron chi connectivity index (χ1n) is 8.62. The molecule has 1 aliphatic heterocycles. The fourth-order valence-corrected chi connectivity index (χ4v) is 2.99. The molecule has 1 aliphatic rings. The van der Waals surface area contributed by atoms with Crippen LogP contribution in [0.2, 0.25) is 0 Å². The summed E-state index contributed by atoms with van der Waals surface area (Å²) in [6.07, 6.45) is 1.74. The summed E-state index contributed by atoms with van der Waals surface area (Å²) in [5.74, 6) is 0.00414. The Kier molecular flexibility index (Phi) is 5.46. The average Bonchev–Trinajstić information content (AvgIpc) is 2.64. The van der Waals surface area contributed by atoms with Crippen molar-refractivity contribution in [3.63, 3.8) is 0 Å². The Morgan fingerprint density at radius 1 is 0.920 bits per heavy atom. The maximum atomic E-state index is 12.3. The highest BCUT2D eigenvalue weighted by Crippen LogP contribution is 2.18. The number of nitrogens with one attached hydrogen (secondary N) is 3. The van der Waals surface area contributed by atoms with Gasteiger partial charge in [0.05, 0.1) is 0 Å². The molecular weight excluding hydrogens is 314 g/mol. The first-order chi connectivity index (χ1) is 12.1. The first kappa shape index (κ1) is 17.2. The summed E-state index contributed by atoms with van der Waals surface area (Å²) in [6, 6.07) is 14.7. The van der Waals surface area contributed by atoms with E-state index in [9.17, 15) is 9.59 Å². The van der Waals surface area contributed by atoms with E-state index in [2.05, 4.69) is 16.0 Å². The second kappa shape index (κ2) is 7.94. The van der Waals surface area contributed by atoms with Crippen LogP contribution < -0.4 is 16.0 Å². The Bertz CT molecular complexity index is 750. The zero-order chi connectivity index (χ0) is 17.6. The van der Waals surface area contributed by atoms with Crippen molar-refractivity contribution in [2.75, 3.05) is 23.7 Å². The van der Waals surface area contributed by atoms with Gasteiger partial charge in [0.2, 0.25) is 5.91 Å². The number of carbonyl (C=O) groups excluding carboxylic acids is 2. The summed E-state index contributed by atoms with van der Waals surface area (Å²) in [6.45, 7) is 3.69. The van der Waals surface area contributed by atoms with Gasteiger partial charge in [0.15, 0.2) is 0 Å². The lowest BCUT2D eigenvalue weighted by atomic mass is 9.97. The van der Waals surface area contributed by atoms with Crippen LogP contribution in [0.4, 0.5) is 11.4 Å². The summed E-state index contributed by atoms with van der Waals surface area (Å²) >= 11 is 0. The monoisotopic (exact) mass is 337 g/mol. The van der Waals surface area contributed by atoms with Crippen molar-refractivity contribution < 1.29 is 9.59 Å². The van der Waals surface area contributed by atoms with Gasteiger partial charge in [0, 0.05) is 22.9 Å².